The van der Waals surface area contributed by atoms with Crippen molar-refractivity contribution >= 4 is 52.4 Å². The summed E-state index contributed by atoms with van der Waals surface area (Å²) in [7, 11) is 2.85. The molecule has 1 N–H and O–H groups in total. The van der Waals surface area contributed by atoms with Gasteiger partial charge in [-0.1, -0.05) is 35.5 Å². The van der Waals surface area contributed by atoms with E-state index >= 15 is 0 Å². The summed E-state index contributed by atoms with van der Waals surface area (Å²) >= 11 is 7.12. The molecule has 0 atom stereocenters. The summed E-state index contributed by atoms with van der Waals surface area (Å²) in [5, 5.41) is 5.32. The van der Waals surface area contributed by atoms with E-state index in [1.807, 2.05) is 0 Å². The van der Waals surface area contributed by atoms with Gasteiger partial charge in [0.2, 0.25) is 5.75 Å². The van der Waals surface area contributed by atoms with Gasteiger partial charge < -0.3 is 14.2 Å². The molecule has 0 bridgehead atoms. The number of para-hydroxylation sites is 1. The lowest BCUT2D eigenvalue weighted by molar-refractivity contribution is -0.132. The van der Waals surface area contributed by atoms with Gasteiger partial charge in [0.25, 0.3) is 11.5 Å². The number of aromatic nitrogens is 2. The second-order valence-corrected chi connectivity index (χ2v) is 9.34. The number of carbonyl (C=O) groups excluding carboxylic acids is 2. The number of hydrogen-bond donors (Lipinski definition) is 1. The summed E-state index contributed by atoms with van der Waals surface area (Å²) in [6.45, 7) is 1.27. The molecule has 0 unspecified atom stereocenters. The molecule has 0 spiro atoms. The number of benzene rings is 3. The van der Waals surface area contributed by atoms with Crippen LogP contribution in [0.25, 0.3) is 16.6 Å². The summed E-state index contributed by atoms with van der Waals surface area (Å²) in [6.07, 6.45) is 1.39. The Bertz CT molecular complexity index is 1600. The third kappa shape index (κ3) is 6.57. The molecule has 0 fully saturated rings. The minimum atomic E-state index is -0.528. The van der Waals surface area contributed by atoms with Crippen LogP contribution in [0.1, 0.15) is 12.5 Å². The van der Waals surface area contributed by atoms with Gasteiger partial charge in [-0.15, -0.1) is 0 Å². The van der Waals surface area contributed by atoms with Gasteiger partial charge in [-0.3, -0.25) is 19.0 Å². The highest BCUT2D eigenvalue weighted by molar-refractivity contribution is 7.99. The second kappa shape index (κ2) is 12.5. The van der Waals surface area contributed by atoms with Crippen molar-refractivity contribution in [1.82, 2.24) is 15.0 Å². The largest absolute Gasteiger partial charge is 0.493 e. The first-order valence-electron chi connectivity index (χ1n) is 11.5. The van der Waals surface area contributed by atoms with Crippen LogP contribution in [-0.4, -0.2) is 47.6 Å². The Morgan fingerprint density at radius 2 is 1.74 bits per heavy atom. The van der Waals surface area contributed by atoms with E-state index in [0.717, 1.165) is 11.8 Å². The van der Waals surface area contributed by atoms with Crippen molar-refractivity contribution in [2.75, 3.05) is 20.0 Å². The van der Waals surface area contributed by atoms with Gasteiger partial charge >= 0.3 is 5.97 Å². The molecule has 4 aromatic rings. The number of hydrogen-bond acceptors (Lipinski definition) is 9. The van der Waals surface area contributed by atoms with E-state index in [9.17, 15) is 14.4 Å². The number of nitrogens with zero attached hydrogens (tertiary/aromatic N) is 3. The highest BCUT2D eigenvalue weighted by Crippen LogP contribution is 2.38. The Kier molecular flexibility index (Phi) is 8.84. The van der Waals surface area contributed by atoms with Crippen LogP contribution in [0.3, 0.4) is 0 Å². The third-order valence-corrected chi connectivity index (χ3v) is 6.48. The highest BCUT2D eigenvalue weighted by Gasteiger charge is 2.17. The normalized spacial score (nSPS) is 11.0. The van der Waals surface area contributed by atoms with Gasteiger partial charge in [0.05, 0.1) is 42.8 Å². The van der Waals surface area contributed by atoms with Crippen molar-refractivity contribution in [3.8, 4) is 22.9 Å². The Hall–Kier alpha value is -4.35. The van der Waals surface area contributed by atoms with Crippen molar-refractivity contribution in [3.05, 3.63) is 81.6 Å². The van der Waals surface area contributed by atoms with Gasteiger partial charge in [0, 0.05) is 17.5 Å². The molecule has 12 heteroatoms. The Balaban J connectivity index is 1.52. The first-order chi connectivity index (χ1) is 18.8. The molecule has 0 radical (unpaired) electrons. The van der Waals surface area contributed by atoms with Crippen LogP contribution in [0.2, 0.25) is 5.02 Å². The predicted octanol–water partition coefficient (Wildman–Crippen LogP) is 4.22. The minimum Gasteiger partial charge on any atom is -0.493 e. The summed E-state index contributed by atoms with van der Waals surface area (Å²) in [5.41, 5.74) is 3.81. The molecular formula is C27H23ClN4O6S. The lowest BCUT2D eigenvalue weighted by atomic mass is 10.2. The Morgan fingerprint density at radius 3 is 2.38 bits per heavy atom. The van der Waals surface area contributed by atoms with E-state index in [-0.39, 0.29) is 28.6 Å². The van der Waals surface area contributed by atoms with Crippen LogP contribution in [-0.2, 0) is 9.59 Å². The zero-order chi connectivity index (χ0) is 27.9. The fraction of sp³-hybridized carbons (Fsp3) is 0.148. The standard InChI is InChI=1S/C27H23ClN4O6S/c1-16(33)38-25-22(36-2)12-17(13-23(25)37-3)14-29-31-24(34)15-39-27-30-21-7-5-4-6-20(21)26(35)32(27)19-10-8-18(28)9-11-19/h4-14H,15H2,1-3H3,(H,31,34)/b29-14-. The van der Waals surface area contributed by atoms with Crippen molar-refractivity contribution in [2.24, 2.45) is 5.10 Å². The van der Waals surface area contributed by atoms with E-state index in [4.69, 9.17) is 25.8 Å². The highest BCUT2D eigenvalue weighted by atomic mass is 35.5. The van der Waals surface area contributed by atoms with Crippen LogP contribution in [0.15, 0.2) is 75.7 Å². The number of nitrogens with one attached hydrogen (secondary N) is 1. The van der Waals surface area contributed by atoms with Crippen LogP contribution in [0, 0.1) is 0 Å². The predicted molar refractivity (Wildman–Crippen MR) is 150 cm³/mol. The topological polar surface area (TPSA) is 121 Å². The first-order valence-corrected chi connectivity index (χ1v) is 12.8. The molecule has 1 heterocycles. The molecule has 200 valence electrons. The zero-order valence-electron chi connectivity index (χ0n) is 21.1. The van der Waals surface area contributed by atoms with Crippen LogP contribution >= 0.6 is 23.4 Å². The van der Waals surface area contributed by atoms with E-state index in [0.29, 0.717) is 32.3 Å². The smallest absolute Gasteiger partial charge is 0.308 e. The van der Waals surface area contributed by atoms with Crippen molar-refractivity contribution in [2.45, 2.75) is 12.1 Å². The molecular weight excluding hydrogens is 544 g/mol. The fourth-order valence-electron chi connectivity index (χ4n) is 3.59. The van der Waals surface area contributed by atoms with Gasteiger partial charge in [-0.25, -0.2) is 10.4 Å². The first kappa shape index (κ1) is 27.7. The van der Waals surface area contributed by atoms with Crippen LogP contribution in [0.4, 0.5) is 0 Å². The molecule has 1 aromatic heterocycles. The Morgan fingerprint density at radius 1 is 1.08 bits per heavy atom. The molecule has 0 aliphatic carbocycles. The maximum atomic E-state index is 13.3. The number of amides is 1. The van der Waals surface area contributed by atoms with Gasteiger partial charge in [0.1, 0.15) is 0 Å². The quantitative estimate of drug-likeness (QED) is 0.0798. The number of ether oxygens (including phenoxy) is 3. The van der Waals surface area contributed by atoms with Crippen molar-refractivity contribution in [3.63, 3.8) is 0 Å². The lowest BCUT2D eigenvalue weighted by Gasteiger charge is -2.13. The molecule has 4 rings (SSSR count). The van der Waals surface area contributed by atoms with E-state index in [2.05, 4.69) is 15.5 Å². The molecule has 1 amide bonds. The summed E-state index contributed by atoms with van der Waals surface area (Å²) in [5.74, 6) is -0.351. The van der Waals surface area contributed by atoms with Gasteiger partial charge in [-0.05, 0) is 48.5 Å². The van der Waals surface area contributed by atoms with E-state index < -0.39 is 11.9 Å². The number of carbonyl (C=O) groups is 2. The van der Waals surface area contributed by atoms with Crippen molar-refractivity contribution < 1.29 is 23.8 Å². The third-order valence-electron chi connectivity index (χ3n) is 5.29. The zero-order valence-corrected chi connectivity index (χ0v) is 22.7. The van der Waals surface area contributed by atoms with Gasteiger partial charge in [0.15, 0.2) is 16.7 Å². The van der Waals surface area contributed by atoms with Crippen molar-refractivity contribution in [1.29, 1.82) is 0 Å². The summed E-state index contributed by atoms with van der Waals surface area (Å²) < 4.78 is 17.2. The van der Waals surface area contributed by atoms with Gasteiger partial charge in [-0.2, -0.15) is 5.10 Å². The minimum absolute atomic E-state index is 0.0618. The molecule has 0 aliphatic rings. The number of hydrazone groups is 1. The molecule has 10 nitrogen and oxygen atoms in total. The van der Waals surface area contributed by atoms with E-state index in [1.54, 1.807) is 60.7 Å². The SMILES string of the molecule is COc1cc(/C=N\NC(=O)CSc2nc3ccccc3c(=O)n2-c2ccc(Cl)cc2)cc(OC)c1OC(C)=O. The summed E-state index contributed by atoms with van der Waals surface area (Å²) in [4.78, 5) is 41.9. The number of fused-ring (bicyclic) bond motifs is 1. The number of halogens is 1. The lowest BCUT2D eigenvalue weighted by Crippen LogP contribution is -2.24. The molecule has 0 saturated heterocycles. The number of rotatable bonds is 9. The fourth-order valence-corrected chi connectivity index (χ4v) is 4.52. The number of esters is 1. The molecule has 0 saturated carbocycles. The molecule has 0 aliphatic heterocycles. The van der Waals surface area contributed by atoms with Crippen LogP contribution < -0.4 is 25.2 Å². The molecule has 3 aromatic carbocycles. The maximum absolute atomic E-state index is 13.3. The summed E-state index contributed by atoms with van der Waals surface area (Å²) in [6, 6.07) is 16.9. The average molecular weight is 567 g/mol. The maximum Gasteiger partial charge on any atom is 0.308 e. The van der Waals surface area contributed by atoms with E-state index in [1.165, 1.54) is 31.9 Å². The number of methoxy groups -OCH3 is 2. The average Bonchev–Trinajstić information content (AvgIpc) is 2.93. The number of thioether (sulfide) groups is 1. The molecule has 39 heavy (non-hydrogen) atoms. The monoisotopic (exact) mass is 566 g/mol. The Labute approximate surface area is 232 Å². The van der Waals surface area contributed by atoms with Crippen LogP contribution in [0.5, 0.6) is 17.2 Å². The second-order valence-electron chi connectivity index (χ2n) is 7.96.